The molecular weight excluding hydrogens is 232 g/mol. The molecule has 0 amide bonds. The third-order valence-corrected chi connectivity index (χ3v) is 3.74. The Morgan fingerprint density at radius 3 is 2.76 bits per heavy atom. The predicted octanol–water partition coefficient (Wildman–Crippen LogP) is 2.66. The summed E-state index contributed by atoms with van der Waals surface area (Å²) >= 11 is 1.77. The quantitative estimate of drug-likeness (QED) is 0.716. The van der Waals surface area contributed by atoms with Gasteiger partial charge in [0.05, 0.1) is 23.8 Å². The zero-order valence-electron chi connectivity index (χ0n) is 9.64. The van der Waals surface area contributed by atoms with Crippen LogP contribution in [0.15, 0.2) is 24.7 Å². The monoisotopic (exact) mass is 244 g/mol. The highest BCUT2D eigenvalue weighted by molar-refractivity contribution is 7.17. The van der Waals surface area contributed by atoms with Crippen molar-refractivity contribution in [3.8, 4) is 11.3 Å². The lowest BCUT2D eigenvalue weighted by molar-refractivity contribution is 1.03. The number of hydrogen-bond acceptors (Lipinski definition) is 4. The van der Waals surface area contributed by atoms with Crippen molar-refractivity contribution < 1.29 is 0 Å². The molecule has 0 radical (unpaired) electrons. The summed E-state index contributed by atoms with van der Waals surface area (Å²) in [4.78, 5) is 2.51. The molecule has 3 heterocycles. The average Bonchev–Trinajstić information content (AvgIpc) is 2.75. The molecule has 0 aliphatic rings. The number of hydrogen-bond donors (Lipinski definition) is 1. The van der Waals surface area contributed by atoms with Gasteiger partial charge in [0.25, 0.3) is 0 Å². The van der Waals surface area contributed by atoms with Gasteiger partial charge in [-0.25, -0.2) is 0 Å². The zero-order valence-corrected chi connectivity index (χ0v) is 10.5. The zero-order chi connectivity index (χ0) is 12.0. The summed E-state index contributed by atoms with van der Waals surface area (Å²) in [6.45, 7) is 4.19. The molecule has 5 heteroatoms. The number of aromatic nitrogens is 3. The first-order valence-electron chi connectivity index (χ1n) is 5.31. The van der Waals surface area contributed by atoms with Crippen LogP contribution in [0.3, 0.4) is 0 Å². The second-order valence-corrected chi connectivity index (χ2v) is 5.35. The van der Waals surface area contributed by atoms with Crippen molar-refractivity contribution in [3.05, 3.63) is 35.1 Å². The minimum Gasteiger partial charge on any atom is -0.397 e. The van der Waals surface area contributed by atoms with Crippen LogP contribution < -0.4 is 5.73 Å². The number of nitrogens with two attached hydrogens (primary N) is 1. The van der Waals surface area contributed by atoms with Crippen molar-refractivity contribution in [2.45, 2.75) is 13.8 Å². The van der Waals surface area contributed by atoms with Gasteiger partial charge < -0.3 is 10.1 Å². The Kier molecular flexibility index (Phi) is 2.16. The topological polar surface area (TPSA) is 56.2 Å². The molecular formula is C12H12N4S. The Hall–Kier alpha value is -1.88. The van der Waals surface area contributed by atoms with Crippen molar-refractivity contribution in [1.29, 1.82) is 0 Å². The van der Waals surface area contributed by atoms with Crippen molar-refractivity contribution in [2.75, 3.05) is 5.73 Å². The summed E-state index contributed by atoms with van der Waals surface area (Å²) < 4.78 is 2.17. The fourth-order valence-corrected chi connectivity index (χ4v) is 3.04. The Morgan fingerprint density at radius 1 is 1.24 bits per heavy atom. The molecule has 0 saturated heterocycles. The molecule has 3 aromatic heterocycles. The lowest BCUT2D eigenvalue weighted by Gasteiger charge is -2.04. The molecule has 0 spiro atoms. The maximum absolute atomic E-state index is 5.97. The minimum atomic E-state index is 0.659. The first-order chi connectivity index (χ1) is 8.16. The largest absolute Gasteiger partial charge is 0.397 e. The molecule has 3 aromatic rings. The Balaban J connectivity index is 2.36. The van der Waals surface area contributed by atoms with E-state index in [0.717, 1.165) is 11.3 Å². The van der Waals surface area contributed by atoms with Gasteiger partial charge in [0.1, 0.15) is 4.83 Å². The first-order valence-corrected chi connectivity index (χ1v) is 6.13. The van der Waals surface area contributed by atoms with Gasteiger partial charge >= 0.3 is 0 Å². The van der Waals surface area contributed by atoms with Crippen LogP contribution in [0.4, 0.5) is 5.69 Å². The molecule has 0 aliphatic carbocycles. The third kappa shape index (κ3) is 1.51. The number of thiazole rings is 1. The summed E-state index contributed by atoms with van der Waals surface area (Å²) in [6.07, 6.45) is 5.44. The van der Waals surface area contributed by atoms with Crippen molar-refractivity contribution in [1.82, 2.24) is 14.6 Å². The highest BCUT2D eigenvalue weighted by atomic mass is 32.1. The van der Waals surface area contributed by atoms with Gasteiger partial charge in [-0.2, -0.15) is 10.2 Å². The van der Waals surface area contributed by atoms with Crippen LogP contribution in [0.1, 0.15) is 10.4 Å². The van der Waals surface area contributed by atoms with E-state index in [9.17, 15) is 0 Å². The van der Waals surface area contributed by atoms with Crippen LogP contribution >= 0.6 is 11.3 Å². The van der Waals surface area contributed by atoms with Gasteiger partial charge in [0.15, 0.2) is 0 Å². The van der Waals surface area contributed by atoms with Gasteiger partial charge in [0, 0.05) is 16.6 Å². The minimum absolute atomic E-state index is 0.659. The Labute approximate surface area is 103 Å². The third-order valence-electron chi connectivity index (χ3n) is 2.78. The Morgan fingerprint density at radius 2 is 2.00 bits per heavy atom. The van der Waals surface area contributed by atoms with Gasteiger partial charge in [-0.15, -0.1) is 11.3 Å². The summed E-state index contributed by atoms with van der Waals surface area (Å²) in [5, 5.41) is 7.70. The molecule has 0 fully saturated rings. The number of nitrogens with zero attached hydrogens (tertiary/aromatic N) is 3. The fourth-order valence-electron chi connectivity index (χ4n) is 2.07. The fraction of sp³-hybridized carbons (Fsp3) is 0.167. The summed E-state index contributed by atoms with van der Waals surface area (Å²) in [5.41, 5.74) is 9.88. The average molecular weight is 244 g/mol. The van der Waals surface area contributed by atoms with Crippen molar-refractivity contribution in [3.63, 3.8) is 0 Å². The van der Waals surface area contributed by atoms with E-state index >= 15 is 0 Å². The van der Waals surface area contributed by atoms with E-state index in [1.807, 2.05) is 0 Å². The van der Waals surface area contributed by atoms with E-state index in [1.165, 1.54) is 15.3 Å². The summed E-state index contributed by atoms with van der Waals surface area (Å²) in [7, 11) is 0. The Bertz CT molecular complexity index is 696. The molecule has 86 valence electrons. The molecule has 0 bridgehead atoms. The van der Waals surface area contributed by atoms with E-state index in [1.54, 1.807) is 23.7 Å². The molecule has 3 rings (SSSR count). The van der Waals surface area contributed by atoms with Crippen LogP contribution in [-0.2, 0) is 0 Å². The van der Waals surface area contributed by atoms with Gasteiger partial charge in [0.2, 0.25) is 0 Å². The molecule has 0 aliphatic heterocycles. The lowest BCUT2D eigenvalue weighted by Crippen LogP contribution is -1.96. The second-order valence-electron chi connectivity index (χ2n) is 4.08. The van der Waals surface area contributed by atoms with Crippen LogP contribution in [0.25, 0.3) is 16.1 Å². The highest BCUT2D eigenvalue weighted by Crippen LogP contribution is 2.33. The standard InChI is InChI=1S/C12H12N4S/c1-7-3-11-16(6-8(2)17-11)12(7)9-4-14-15-5-10(9)13/h3-6H,1-2H3,(H2,13,14). The molecule has 0 saturated carbocycles. The number of fused-ring (bicyclic) bond motifs is 1. The van der Waals surface area contributed by atoms with Gasteiger partial charge in [-0.1, -0.05) is 0 Å². The highest BCUT2D eigenvalue weighted by Gasteiger charge is 2.13. The number of anilines is 1. The first kappa shape index (κ1) is 10.3. The number of aryl methyl sites for hydroxylation is 2. The summed E-state index contributed by atoms with van der Waals surface area (Å²) in [5.74, 6) is 0. The van der Waals surface area contributed by atoms with Crippen LogP contribution in [0.2, 0.25) is 0 Å². The maximum Gasteiger partial charge on any atom is 0.100 e. The van der Waals surface area contributed by atoms with E-state index in [4.69, 9.17) is 5.73 Å². The van der Waals surface area contributed by atoms with Gasteiger partial charge in [-0.05, 0) is 25.5 Å². The SMILES string of the molecule is Cc1cn2c(-c3cnncc3N)c(C)cc2s1. The molecule has 0 aromatic carbocycles. The lowest BCUT2D eigenvalue weighted by atomic mass is 10.1. The summed E-state index contributed by atoms with van der Waals surface area (Å²) in [6, 6.07) is 2.17. The van der Waals surface area contributed by atoms with Crippen LogP contribution in [0, 0.1) is 13.8 Å². The maximum atomic E-state index is 5.97. The van der Waals surface area contributed by atoms with E-state index < -0.39 is 0 Å². The smallest absolute Gasteiger partial charge is 0.100 e. The van der Waals surface area contributed by atoms with Crippen LogP contribution in [-0.4, -0.2) is 14.6 Å². The normalized spacial score (nSPS) is 11.2. The van der Waals surface area contributed by atoms with Gasteiger partial charge in [-0.3, -0.25) is 0 Å². The molecule has 4 nitrogen and oxygen atoms in total. The predicted molar refractivity (Wildman–Crippen MR) is 70.2 cm³/mol. The second kappa shape index (κ2) is 3.56. The molecule has 17 heavy (non-hydrogen) atoms. The molecule has 0 unspecified atom stereocenters. The van der Waals surface area contributed by atoms with E-state index in [-0.39, 0.29) is 0 Å². The van der Waals surface area contributed by atoms with E-state index in [2.05, 4.69) is 40.7 Å². The number of nitrogen functional groups attached to an aromatic ring is 1. The van der Waals surface area contributed by atoms with Crippen molar-refractivity contribution >= 4 is 21.9 Å². The number of rotatable bonds is 1. The van der Waals surface area contributed by atoms with Crippen LogP contribution in [0.5, 0.6) is 0 Å². The van der Waals surface area contributed by atoms with E-state index in [0.29, 0.717) is 5.69 Å². The van der Waals surface area contributed by atoms with Crippen molar-refractivity contribution in [2.24, 2.45) is 0 Å². The molecule has 2 N–H and O–H groups in total. The molecule has 0 atom stereocenters.